The molecule has 2 aromatic carbocycles. The zero-order chi connectivity index (χ0) is 22.9. The predicted molar refractivity (Wildman–Crippen MR) is 127 cm³/mol. The third kappa shape index (κ3) is 6.65. The Kier molecular flexibility index (Phi) is 8.83. The van der Waals surface area contributed by atoms with Crippen molar-refractivity contribution in [2.45, 2.75) is 65.3 Å². The van der Waals surface area contributed by atoms with Crippen LogP contribution in [0.15, 0.2) is 48.5 Å². The van der Waals surface area contributed by atoms with Crippen molar-refractivity contribution in [2.75, 3.05) is 18.0 Å². The van der Waals surface area contributed by atoms with Crippen LogP contribution in [0, 0.1) is 11.7 Å². The van der Waals surface area contributed by atoms with E-state index < -0.39 is 0 Å². The number of amides is 2. The second-order valence-electron chi connectivity index (χ2n) is 9.13. The van der Waals surface area contributed by atoms with E-state index >= 15 is 0 Å². The average Bonchev–Trinajstić information content (AvgIpc) is 2.78. The Morgan fingerprint density at radius 3 is 2.19 bits per heavy atom. The number of fused-ring (bicyclic) bond motifs is 1. The largest absolute Gasteiger partial charge is 0.334 e. The molecule has 1 aliphatic heterocycles. The van der Waals surface area contributed by atoms with Crippen LogP contribution in [0.4, 0.5) is 10.1 Å². The average molecular weight is 439 g/mol. The molecule has 172 valence electrons. The highest BCUT2D eigenvalue weighted by Gasteiger charge is 2.23. The number of hydrogen-bond acceptors (Lipinski definition) is 2. The van der Waals surface area contributed by atoms with E-state index in [2.05, 4.69) is 13.8 Å². The molecule has 0 aromatic heterocycles. The smallest absolute Gasteiger partial charge is 0.254 e. The van der Waals surface area contributed by atoms with E-state index in [-0.39, 0.29) is 23.5 Å². The van der Waals surface area contributed by atoms with E-state index in [1.54, 1.807) is 12.1 Å². The molecule has 0 saturated carbocycles. The first-order chi connectivity index (χ1) is 15.5. The lowest BCUT2D eigenvalue weighted by atomic mass is 10.1. The van der Waals surface area contributed by atoms with Gasteiger partial charge < -0.3 is 9.80 Å². The molecule has 0 bridgehead atoms. The number of nitrogens with zero attached hydrogens (tertiary/aromatic N) is 2. The maximum Gasteiger partial charge on any atom is 0.254 e. The fourth-order valence-corrected chi connectivity index (χ4v) is 4.26. The van der Waals surface area contributed by atoms with Crippen molar-refractivity contribution in [1.82, 2.24) is 4.90 Å². The second kappa shape index (κ2) is 11.8. The Hall–Kier alpha value is -2.69. The minimum atomic E-state index is -0.351. The van der Waals surface area contributed by atoms with Crippen LogP contribution < -0.4 is 4.90 Å². The Labute approximate surface area is 191 Å². The summed E-state index contributed by atoms with van der Waals surface area (Å²) in [6.07, 6.45) is 6.87. The first kappa shape index (κ1) is 24.0. The molecule has 2 amide bonds. The highest BCUT2D eigenvalue weighted by Crippen LogP contribution is 2.26. The molecule has 0 spiro atoms. The number of benzene rings is 2. The summed E-state index contributed by atoms with van der Waals surface area (Å²) in [7, 11) is 0. The van der Waals surface area contributed by atoms with Crippen LogP contribution in [0.2, 0.25) is 0 Å². The highest BCUT2D eigenvalue weighted by molar-refractivity contribution is 5.95. The van der Waals surface area contributed by atoms with Crippen LogP contribution in [0.25, 0.3) is 0 Å². The number of carbonyl (C=O) groups excluding carboxylic acids is 2. The maximum atomic E-state index is 13.4. The van der Waals surface area contributed by atoms with Gasteiger partial charge in [-0.15, -0.1) is 0 Å². The molecule has 1 aliphatic rings. The lowest BCUT2D eigenvalue weighted by molar-refractivity contribution is -0.119. The van der Waals surface area contributed by atoms with Crippen molar-refractivity contribution in [1.29, 1.82) is 0 Å². The zero-order valence-electron chi connectivity index (χ0n) is 19.4. The molecule has 4 nitrogen and oxygen atoms in total. The van der Waals surface area contributed by atoms with Gasteiger partial charge in [-0.05, 0) is 54.7 Å². The summed E-state index contributed by atoms with van der Waals surface area (Å²) < 4.78 is 13.4. The first-order valence-corrected chi connectivity index (χ1v) is 11.9. The van der Waals surface area contributed by atoms with E-state index in [0.717, 1.165) is 49.8 Å². The summed E-state index contributed by atoms with van der Waals surface area (Å²) in [6.45, 7) is 5.90. The Balaban J connectivity index is 1.93. The van der Waals surface area contributed by atoms with Crippen molar-refractivity contribution in [3.63, 3.8) is 0 Å². The molecule has 5 heteroatoms. The summed E-state index contributed by atoms with van der Waals surface area (Å²) in [5, 5.41) is 0. The molecule has 2 aromatic rings. The van der Waals surface area contributed by atoms with Crippen LogP contribution in [0.3, 0.4) is 0 Å². The quantitative estimate of drug-likeness (QED) is 0.572. The SMILES string of the molecule is CC(C)CC(=O)N1CCCCCCCCN(C(=O)c2ccc(F)cc2)Cc2ccccc21. The molecule has 0 N–H and O–H groups in total. The van der Waals surface area contributed by atoms with Gasteiger partial charge in [-0.2, -0.15) is 0 Å². The van der Waals surface area contributed by atoms with Gasteiger partial charge in [-0.3, -0.25) is 9.59 Å². The molecule has 0 atom stereocenters. The monoisotopic (exact) mass is 438 g/mol. The fourth-order valence-electron chi connectivity index (χ4n) is 4.26. The van der Waals surface area contributed by atoms with E-state index in [4.69, 9.17) is 0 Å². The van der Waals surface area contributed by atoms with E-state index in [1.165, 1.54) is 12.1 Å². The lowest BCUT2D eigenvalue weighted by Gasteiger charge is -2.29. The number of carbonyl (C=O) groups is 2. The minimum absolute atomic E-state index is 0.102. The van der Waals surface area contributed by atoms with Crippen LogP contribution in [-0.2, 0) is 11.3 Å². The lowest BCUT2D eigenvalue weighted by Crippen LogP contribution is -2.35. The van der Waals surface area contributed by atoms with Crippen molar-refractivity contribution in [3.05, 3.63) is 65.5 Å². The van der Waals surface area contributed by atoms with Gasteiger partial charge in [0, 0.05) is 37.3 Å². The molecular formula is C27H35FN2O2. The molecular weight excluding hydrogens is 403 g/mol. The third-order valence-electron chi connectivity index (χ3n) is 5.97. The summed E-state index contributed by atoms with van der Waals surface area (Å²) in [5.74, 6) is -0.0274. The van der Waals surface area contributed by atoms with Gasteiger partial charge >= 0.3 is 0 Å². The van der Waals surface area contributed by atoms with Gasteiger partial charge in [0.05, 0.1) is 0 Å². The van der Waals surface area contributed by atoms with Gasteiger partial charge in [0.15, 0.2) is 0 Å². The number of anilines is 1. The van der Waals surface area contributed by atoms with Crippen LogP contribution in [0.5, 0.6) is 0 Å². The molecule has 0 unspecified atom stereocenters. The number of para-hydroxylation sites is 1. The molecule has 3 rings (SSSR count). The van der Waals surface area contributed by atoms with Crippen molar-refractivity contribution in [3.8, 4) is 0 Å². The van der Waals surface area contributed by atoms with Crippen LogP contribution >= 0.6 is 0 Å². The zero-order valence-corrected chi connectivity index (χ0v) is 19.4. The van der Waals surface area contributed by atoms with Crippen molar-refractivity contribution >= 4 is 17.5 Å². The van der Waals surface area contributed by atoms with Gasteiger partial charge in [-0.25, -0.2) is 4.39 Å². The fraction of sp³-hybridized carbons (Fsp3) is 0.481. The summed E-state index contributed by atoms with van der Waals surface area (Å²) in [4.78, 5) is 30.2. The summed E-state index contributed by atoms with van der Waals surface area (Å²) in [5.41, 5.74) is 2.36. The second-order valence-corrected chi connectivity index (χ2v) is 9.13. The minimum Gasteiger partial charge on any atom is -0.334 e. The third-order valence-corrected chi connectivity index (χ3v) is 5.97. The molecule has 0 saturated heterocycles. The number of rotatable bonds is 3. The van der Waals surface area contributed by atoms with Gasteiger partial charge in [0.1, 0.15) is 5.82 Å². The van der Waals surface area contributed by atoms with Crippen molar-refractivity contribution in [2.24, 2.45) is 5.92 Å². The molecule has 0 fully saturated rings. The Morgan fingerprint density at radius 2 is 1.50 bits per heavy atom. The van der Waals surface area contributed by atoms with E-state index in [1.807, 2.05) is 34.1 Å². The van der Waals surface area contributed by atoms with Crippen molar-refractivity contribution < 1.29 is 14.0 Å². The Morgan fingerprint density at radius 1 is 0.875 bits per heavy atom. The Bertz CT molecular complexity index is 895. The van der Waals surface area contributed by atoms with Gasteiger partial charge in [0.25, 0.3) is 5.91 Å². The highest BCUT2D eigenvalue weighted by atomic mass is 19.1. The molecule has 1 heterocycles. The standard InChI is InChI=1S/C27H35FN2O2/c1-21(2)19-26(31)30-18-10-6-4-3-5-9-17-29(20-23-11-7-8-12-25(23)30)27(32)22-13-15-24(28)16-14-22/h7-8,11-16,21H,3-6,9-10,17-20H2,1-2H3. The predicted octanol–water partition coefficient (Wildman–Crippen LogP) is 6.20. The molecule has 0 radical (unpaired) electrons. The van der Waals surface area contributed by atoms with E-state index in [0.29, 0.717) is 31.6 Å². The first-order valence-electron chi connectivity index (χ1n) is 11.9. The van der Waals surface area contributed by atoms with Crippen LogP contribution in [-0.4, -0.2) is 29.8 Å². The van der Waals surface area contributed by atoms with Crippen LogP contribution in [0.1, 0.15) is 74.7 Å². The maximum absolute atomic E-state index is 13.4. The number of halogens is 1. The summed E-state index contributed by atoms with van der Waals surface area (Å²) >= 11 is 0. The summed E-state index contributed by atoms with van der Waals surface area (Å²) in [6, 6.07) is 13.7. The van der Waals surface area contributed by atoms with Gasteiger partial charge in [0.2, 0.25) is 5.91 Å². The normalized spacial score (nSPS) is 16.0. The molecule has 0 aliphatic carbocycles. The van der Waals surface area contributed by atoms with E-state index in [9.17, 15) is 14.0 Å². The van der Waals surface area contributed by atoms with Gasteiger partial charge in [-0.1, -0.05) is 57.7 Å². The number of hydrogen-bond donors (Lipinski definition) is 0. The topological polar surface area (TPSA) is 40.6 Å². The molecule has 32 heavy (non-hydrogen) atoms.